The van der Waals surface area contributed by atoms with Gasteiger partial charge in [-0.1, -0.05) is 0 Å². The second-order valence-electron chi connectivity index (χ2n) is 5.86. The molecule has 2 aromatic rings. The summed E-state index contributed by atoms with van der Waals surface area (Å²) >= 11 is 0. The third kappa shape index (κ3) is 2.70. The van der Waals surface area contributed by atoms with Crippen LogP contribution in [0, 0.1) is 0 Å². The van der Waals surface area contributed by atoms with Gasteiger partial charge < -0.3 is 4.90 Å². The van der Waals surface area contributed by atoms with Gasteiger partial charge in [0, 0.05) is 43.1 Å². The second-order valence-corrected chi connectivity index (χ2v) is 5.86. The fourth-order valence-electron chi connectivity index (χ4n) is 2.97. The summed E-state index contributed by atoms with van der Waals surface area (Å²) in [5, 5.41) is 11.3. The van der Waals surface area contributed by atoms with Crippen molar-refractivity contribution in [2.24, 2.45) is 0 Å². The van der Waals surface area contributed by atoms with Crippen LogP contribution in [0.15, 0.2) is 24.5 Å². The molecule has 1 atom stereocenters. The molecule has 0 saturated carbocycles. The molecular formula is C15H21N5O. The first-order valence-electron chi connectivity index (χ1n) is 7.49. The summed E-state index contributed by atoms with van der Waals surface area (Å²) in [5.74, 6) is 0.422. The van der Waals surface area contributed by atoms with Crippen molar-refractivity contribution in [2.75, 3.05) is 13.1 Å². The predicted octanol–water partition coefficient (Wildman–Crippen LogP) is 2.21. The Morgan fingerprint density at radius 3 is 2.95 bits per heavy atom. The van der Waals surface area contributed by atoms with Gasteiger partial charge in [0.2, 0.25) is 0 Å². The minimum Gasteiger partial charge on any atom is -0.337 e. The van der Waals surface area contributed by atoms with Crippen LogP contribution in [0.4, 0.5) is 0 Å². The minimum atomic E-state index is 0.0745. The molecule has 0 aromatic carbocycles. The molecule has 1 N–H and O–H groups in total. The van der Waals surface area contributed by atoms with Gasteiger partial charge in [-0.25, -0.2) is 0 Å². The van der Waals surface area contributed by atoms with Crippen molar-refractivity contribution >= 4 is 5.91 Å². The maximum atomic E-state index is 12.7. The number of aromatic nitrogens is 4. The van der Waals surface area contributed by atoms with E-state index in [9.17, 15) is 4.79 Å². The minimum absolute atomic E-state index is 0.0745. The number of nitrogens with zero attached hydrogens (tertiary/aromatic N) is 4. The number of rotatable bonds is 3. The smallest absolute Gasteiger partial charge is 0.272 e. The number of H-pyrrole nitrogens is 1. The maximum absolute atomic E-state index is 12.7. The van der Waals surface area contributed by atoms with E-state index in [0.717, 1.165) is 31.6 Å². The molecule has 1 amide bonds. The molecule has 1 fully saturated rings. The van der Waals surface area contributed by atoms with E-state index in [1.807, 2.05) is 30.9 Å². The Bertz CT molecular complexity index is 601. The van der Waals surface area contributed by atoms with Crippen LogP contribution >= 0.6 is 0 Å². The van der Waals surface area contributed by atoms with Crippen LogP contribution in [0.1, 0.15) is 54.8 Å². The molecule has 1 aliphatic heterocycles. The third-order valence-electron chi connectivity index (χ3n) is 4.05. The molecule has 6 nitrogen and oxygen atoms in total. The molecule has 3 rings (SSSR count). The molecule has 21 heavy (non-hydrogen) atoms. The van der Waals surface area contributed by atoms with Crippen LogP contribution in [0.3, 0.4) is 0 Å². The summed E-state index contributed by atoms with van der Waals surface area (Å²) in [6.45, 7) is 5.62. The first kappa shape index (κ1) is 13.9. The lowest BCUT2D eigenvalue weighted by Gasteiger charge is -2.32. The summed E-state index contributed by atoms with van der Waals surface area (Å²) in [6, 6.07) is 3.99. The number of hydrogen-bond acceptors (Lipinski definition) is 3. The van der Waals surface area contributed by atoms with E-state index in [1.54, 1.807) is 17.1 Å². The van der Waals surface area contributed by atoms with Gasteiger partial charge in [-0.3, -0.25) is 14.6 Å². The van der Waals surface area contributed by atoms with E-state index < -0.39 is 0 Å². The Hall–Kier alpha value is -2.11. The Labute approximate surface area is 124 Å². The number of nitrogens with one attached hydrogen (secondary N) is 1. The summed E-state index contributed by atoms with van der Waals surface area (Å²) in [5.41, 5.74) is 1.79. The van der Waals surface area contributed by atoms with Gasteiger partial charge in [-0.05, 0) is 38.8 Å². The van der Waals surface area contributed by atoms with E-state index in [0.29, 0.717) is 11.6 Å². The fraction of sp³-hybridized carbons (Fsp3) is 0.533. The van der Waals surface area contributed by atoms with Gasteiger partial charge >= 0.3 is 0 Å². The molecule has 112 valence electrons. The lowest BCUT2D eigenvalue weighted by molar-refractivity contribution is 0.0691. The van der Waals surface area contributed by atoms with Crippen molar-refractivity contribution in [3.63, 3.8) is 0 Å². The lowest BCUT2D eigenvalue weighted by atomic mass is 9.95. The first-order valence-corrected chi connectivity index (χ1v) is 7.49. The van der Waals surface area contributed by atoms with E-state index in [4.69, 9.17) is 0 Å². The first-order chi connectivity index (χ1) is 10.2. The Kier molecular flexibility index (Phi) is 3.77. The quantitative estimate of drug-likeness (QED) is 0.941. The summed E-state index contributed by atoms with van der Waals surface area (Å²) in [4.78, 5) is 14.7. The van der Waals surface area contributed by atoms with E-state index >= 15 is 0 Å². The predicted molar refractivity (Wildman–Crippen MR) is 79.1 cm³/mol. The zero-order chi connectivity index (χ0) is 14.8. The fourth-order valence-corrected chi connectivity index (χ4v) is 2.97. The zero-order valence-electron chi connectivity index (χ0n) is 12.5. The zero-order valence-corrected chi connectivity index (χ0v) is 12.5. The number of likely N-dealkylation sites (tertiary alicyclic amines) is 1. The molecule has 0 bridgehead atoms. The Morgan fingerprint density at radius 1 is 1.38 bits per heavy atom. The van der Waals surface area contributed by atoms with Gasteiger partial charge in [0.25, 0.3) is 5.91 Å². The Morgan fingerprint density at radius 2 is 2.24 bits per heavy atom. The number of piperidine rings is 1. The highest BCUT2D eigenvalue weighted by atomic mass is 16.2. The number of carbonyl (C=O) groups excluding carboxylic acids is 1. The van der Waals surface area contributed by atoms with Crippen LogP contribution < -0.4 is 0 Å². The van der Waals surface area contributed by atoms with Crippen LogP contribution in [0.2, 0.25) is 0 Å². The second kappa shape index (κ2) is 5.71. The molecule has 1 saturated heterocycles. The molecule has 3 heterocycles. The standard InChI is InChI=1S/C15H21N5O/c1-11(2)20-14(6-8-17-20)15(21)19-9-3-4-12(10-19)13-5-7-16-18-13/h5-8,11-12H,3-4,9-10H2,1-2H3,(H,16,18)/t12-/m1/s1. The molecular weight excluding hydrogens is 266 g/mol. The average Bonchev–Trinajstić information content (AvgIpc) is 3.17. The molecule has 2 aromatic heterocycles. The summed E-state index contributed by atoms with van der Waals surface area (Å²) in [7, 11) is 0. The van der Waals surface area contributed by atoms with Crippen molar-refractivity contribution in [3.05, 3.63) is 35.9 Å². The summed E-state index contributed by atoms with van der Waals surface area (Å²) < 4.78 is 1.79. The normalized spacial score (nSPS) is 19.2. The van der Waals surface area contributed by atoms with E-state index in [1.165, 1.54) is 0 Å². The number of hydrogen-bond donors (Lipinski definition) is 1. The van der Waals surface area contributed by atoms with E-state index in [2.05, 4.69) is 15.3 Å². The molecule has 0 spiro atoms. The SMILES string of the molecule is CC(C)n1nccc1C(=O)N1CCC[C@@H](c2ccn[nH]2)C1. The topological polar surface area (TPSA) is 66.8 Å². The monoisotopic (exact) mass is 287 g/mol. The lowest BCUT2D eigenvalue weighted by Crippen LogP contribution is -2.40. The van der Waals surface area contributed by atoms with Crippen LogP contribution in [-0.2, 0) is 0 Å². The number of aromatic amines is 1. The van der Waals surface area contributed by atoms with Gasteiger partial charge in [0.1, 0.15) is 5.69 Å². The van der Waals surface area contributed by atoms with Gasteiger partial charge in [-0.2, -0.15) is 10.2 Å². The number of carbonyl (C=O) groups is 1. The molecule has 0 unspecified atom stereocenters. The molecule has 6 heteroatoms. The van der Waals surface area contributed by atoms with Crippen LogP contribution in [0.25, 0.3) is 0 Å². The largest absolute Gasteiger partial charge is 0.337 e. The Balaban J connectivity index is 1.77. The summed E-state index contributed by atoms with van der Waals surface area (Å²) in [6.07, 6.45) is 5.58. The molecule has 1 aliphatic rings. The van der Waals surface area contributed by atoms with Crippen LogP contribution in [0.5, 0.6) is 0 Å². The van der Waals surface area contributed by atoms with Gasteiger partial charge in [0.05, 0.1) is 0 Å². The van der Waals surface area contributed by atoms with Crippen molar-refractivity contribution in [3.8, 4) is 0 Å². The molecule has 0 radical (unpaired) electrons. The number of amides is 1. The van der Waals surface area contributed by atoms with Crippen molar-refractivity contribution in [1.29, 1.82) is 0 Å². The third-order valence-corrected chi connectivity index (χ3v) is 4.05. The van der Waals surface area contributed by atoms with Crippen molar-refractivity contribution in [2.45, 2.75) is 38.6 Å². The molecule has 0 aliphatic carbocycles. The highest BCUT2D eigenvalue weighted by Gasteiger charge is 2.28. The van der Waals surface area contributed by atoms with Crippen molar-refractivity contribution in [1.82, 2.24) is 24.9 Å². The highest BCUT2D eigenvalue weighted by molar-refractivity contribution is 5.92. The van der Waals surface area contributed by atoms with Crippen molar-refractivity contribution < 1.29 is 4.79 Å². The van der Waals surface area contributed by atoms with Gasteiger partial charge in [-0.15, -0.1) is 0 Å². The average molecular weight is 287 g/mol. The maximum Gasteiger partial charge on any atom is 0.272 e. The van der Waals surface area contributed by atoms with Crippen LogP contribution in [-0.4, -0.2) is 43.9 Å². The van der Waals surface area contributed by atoms with Gasteiger partial charge in [0.15, 0.2) is 0 Å². The van der Waals surface area contributed by atoms with E-state index in [-0.39, 0.29) is 11.9 Å². The highest BCUT2D eigenvalue weighted by Crippen LogP contribution is 2.26.